The van der Waals surface area contributed by atoms with Crippen LogP contribution < -0.4 is 25.4 Å². The molecule has 54 heavy (non-hydrogen) atoms. The summed E-state index contributed by atoms with van der Waals surface area (Å²) >= 11 is 8.24. The first-order valence-corrected chi connectivity index (χ1v) is 22.6. The Morgan fingerprint density at radius 1 is 0.907 bits per heavy atom. The number of thioether (sulfide) groups is 1. The molecular formula is C42H52ClN5O4SSi. The van der Waals surface area contributed by atoms with Crippen LogP contribution in [0.1, 0.15) is 69.6 Å². The van der Waals surface area contributed by atoms with E-state index in [4.69, 9.17) is 25.9 Å². The molecule has 0 saturated heterocycles. The van der Waals surface area contributed by atoms with E-state index in [1.807, 2.05) is 92.0 Å². The first-order chi connectivity index (χ1) is 25.4. The number of urea groups is 1. The van der Waals surface area contributed by atoms with E-state index in [0.717, 1.165) is 44.4 Å². The molecule has 12 heteroatoms. The summed E-state index contributed by atoms with van der Waals surface area (Å²) in [5, 5.41) is 11.0. The third kappa shape index (κ3) is 9.61. The molecule has 286 valence electrons. The minimum absolute atomic E-state index is 0.0283. The van der Waals surface area contributed by atoms with Gasteiger partial charge in [0, 0.05) is 40.7 Å². The number of hydrogen-bond donors (Lipinski definition) is 2. The molecule has 0 atom stereocenters. The van der Waals surface area contributed by atoms with Gasteiger partial charge in [0.2, 0.25) is 8.32 Å². The van der Waals surface area contributed by atoms with Crippen molar-refractivity contribution in [2.75, 3.05) is 11.6 Å². The fourth-order valence-electron chi connectivity index (χ4n) is 5.54. The van der Waals surface area contributed by atoms with Gasteiger partial charge in [0.1, 0.15) is 28.9 Å². The smallest absolute Gasteiger partial charge is 0.320 e. The molecule has 0 spiro atoms. The van der Waals surface area contributed by atoms with Crippen molar-refractivity contribution in [3.63, 3.8) is 0 Å². The number of hydrogen-bond acceptors (Lipinski definition) is 6. The van der Waals surface area contributed by atoms with Gasteiger partial charge in [0.25, 0.3) is 5.56 Å². The standard InChI is InChI=1S/C42H52ClN5O4SSi/c1-28-22-34(38(43)39(49)47(28)26-30-17-13-14-21-35(30)53-8)51-27-31-18-12-11-16-29(31)25-44-40(50)45-37-24-36(41(2,3)4)46-48(37)32-19-15-20-33(23-32)52-54(9,10)42(5,6)7/h11-24H,25-27H2,1-10H3,(H2,44,45,50). The SMILES string of the molecule is CSc1ccccc1Cn1c(C)cc(OCc2ccccc2CNC(=O)Nc2cc(C(C)(C)C)nn2-c2cccc(O[Si](C)(C)C(C)(C)C)c2)c(Cl)c1=O. The highest BCUT2D eigenvalue weighted by Crippen LogP contribution is 2.38. The second kappa shape index (κ2) is 16.5. The molecular weight excluding hydrogens is 734 g/mol. The van der Waals surface area contributed by atoms with E-state index in [1.165, 1.54) is 0 Å². The second-order valence-corrected chi connectivity index (χ2v) is 21.9. The van der Waals surface area contributed by atoms with Crippen molar-refractivity contribution in [3.8, 4) is 17.2 Å². The van der Waals surface area contributed by atoms with Gasteiger partial charge in [0.15, 0.2) is 0 Å². The minimum Gasteiger partial charge on any atom is -0.543 e. The molecule has 0 saturated carbocycles. The molecule has 2 aromatic heterocycles. The Balaban J connectivity index is 1.29. The number of anilines is 1. The zero-order valence-corrected chi connectivity index (χ0v) is 35.5. The normalized spacial score (nSPS) is 12.1. The highest BCUT2D eigenvalue weighted by Gasteiger charge is 2.39. The average molecular weight is 787 g/mol. The van der Waals surface area contributed by atoms with Gasteiger partial charge in [-0.15, -0.1) is 11.8 Å². The summed E-state index contributed by atoms with van der Waals surface area (Å²) in [5.74, 6) is 1.63. The van der Waals surface area contributed by atoms with E-state index < -0.39 is 8.32 Å². The number of amides is 2. The highest BCUT2D eigenvalue weighted by molar-refractivity contribution is 7.98. The molecule has 0 fully saturated rings. The quantitative estimate of drug-likeness (QED) is 0.0965. The van der Waals surface area contributed by atoms with Crippen LogP contribution in [0.3, 0.4) is 0 Å². The summed E-state index contributed by atoms with van der Waals surface area (Å²) in [6.45, 7) is 20.0. The van der Waals surface area contributed by atoms with Crippen molar-refractivity contribution in [2.24, 2.45) is 0 Å². The number of halogens is 1. The van der Waals surface area contributed by atoms with Crippen molar-refractivity contribution < 1.29 is 14.0 Å². The van der Waals surface area contributed by atoms with Crippen LogP contribution in [0.2, 0.25) is 23.2 Å². The van der Waals surface area contributed by atoms with Crippen LogP contribution in [0.4, 0.5) is 10.6 Å². The highest BCUT2D eigenvalue weighted by atomic mass is 35.5. The van der Waals surface area contributed by atoms with Crippen LogP contribution in [0, 0.1) is 6.92 Å². The monoisotopic (exact) mass is 785 g/mol. The average Bonchev–Trinajstić information content (AvgIpc) is 3.54. The predicted molar refractivity (Wildman–Crippen MR) is 224 cm³/mol. The Labute approximate surface area is 329 Å². The fraction of sp³-hybridized carbons (Fsp3) is 0.357. The van der Waals surface area contributed by atoms with Gasteiger partial charge in [-0.1, -0.05) is 102 Å². The maximum atomic E-state index is 13.4. The molecule has 5 aromatic rings. The van der Waals surface area contributed by atoms with E-state index in [1.54, 1.807) is 27.1 Å². The van der Waals surface area contributed by atoms with E-state index in [-0.39, 0.29) is 40.2 Å². The number of benzene rings is 3. The van der Waals surface area contributed by atoms with Crippen LogP contribution in [-0.2, 0) is 25.1 Å². The Hall–Kier alpha value is -4.45. The lowest BCUT2D eigenvalue weighted by Gasteiger charge is -2.36. The number of aromatic nitrogens is 3. The van der Waals surface area contributed by atoms with Crippen molar-refractivity contribution in [1.82, 2.24) is 19.7 Å². The van der Waals surface area contributed by atoms with Gasteiger partial charge in [-0.3, -0.25) is 10.1 Å². The lowest BCUT2D eigenvalue weighted by Crippen LogP contribution is -2.43. The van der Waals surface area contributed by atoms with Crippen molar-refractivity contribution in [2.45, 2.75) is 96.6 Å². The van der Waals surface area contributed by atoms with Crippen LogP contribution in [-0.4, -0.2) is 35.0 Å². The van der Waals surface area contributed by atoms with Gasteiger partial charge in [-0.25, -0.2) is 9.48 Å². The lowest BCUT2D eigenvalue weighted by molar-refractivity contribution is 0.251. The number of aryl methyl sites for hydroxylation is 1. The molecule has 0 bridgehead atoms. The minimum atomic E-state index is -2.07. The molecule has 3 aromatic carbocycles. The molecule has 2 amide bonds. The summed E-state index contributed by atoms with van der Waals surface area (Å²) in [7, 11) is -2.07. The van der Waals surface area contributed by atoms with Gasteiger partial charge in [-0.2, -0.15) is 5.10 Å². The third-order valence-electron chi connectivity index (χ3n) is 9.84. The fourth-order valence-corrected chi connectivity index (χ4v) is 7.39. The van der Waals surface area contributed by atoms with E-state index in [0.29, 0.717) is 18.1 Å². The maximum absolute atomic E-state index is 13.4. The Morgan fingerprint density at radius 2 is 1.57 bits per heavy atom. The van der Waals surface area contributed by atoms with Crippen LogP contribution in [0.25, 0.3) is 5.69 Å². The van der Waals surface area contributed by atoms with Gasteiger partial charge < -0.3 is 19.0 Å². The van der Waals surface area contributed by atoms with E-state index in [9.17, 15) is 9.59 Å². The zero-order valence-electron chi connectivity index (χ0n) is 33.0. The molecule has 9 nitrogen and oxygen atoms in total. The second-order valence-electron chi connectivity index (χ2n) is 16.0. The van der Waals surface area contributed by atoms with Gasteiger partial charge in [-0.05, 0) is 66.2 Å². The van der Waals surface area contributed by atoms with Crippen molar-refractivity contribution in [3.05, 3.63) is 128 Å². The molecule has 2 N–H and O–H groups in total. The summed E-state index contributed by atoms with van der Waals surface area (Å²) in [6.07, 6.45) is 2.02. The summed E-state index contributed by atoms with van der Waals surface area (Å²) in [4.78, 5) is 27.9. The predicted octanol–water partition coefficient (Wildman–Crippen LogP) is 10.3. The first kappa shape index (κ1) is 40.7. The number of ether oxygens (including phenoxy) is 1. The molecule has 2 heterocycles. The zero-order chi connectivity index (χ0) is 39.4. The Bertz CT molecular complexity index is 2180. The number of carbonyl (C=O) groups excluding carboxylic acids is 1. The van der Waals surface area contributed by atoms with Crippen LogP contribution in [0.15, 0.2) is 94.6 Å². The molecule has 0 aliphatic rings. The number of pyridine rings is 1. The molecule has 0 unspecified atom stereocenters. The summed E-state index contributed by atoms with van der Waals surface area (Å²) in [5.41, 5.74) is 4.56. The lowest BCUT2D eigenvalue weighted by atomic mass is 9.92. The first-order valence-electron chi connectivity index (χ1n) is 18.0. The maximum Gasteiger partial charge on any atom is 0.320 e. The largest absolute Gasteiger partial charge is 0.543 e. The van der Waals surface area contributed by atoms with Crippen LogP contribution >= 0.6 is 23.4 Å². The van der Waals surface area contributed by atoms with E-state index >= 15 is 0 Å². The number of nitrogens with zero attached hydrogens (tertiary/aromatic N) is 3. The number of carbonyl (C=O) groups is 1. The summed E-state index contributed by atoms with van der Waals surface area (Å²) in [6, 6.07) is 26.9. The van der Waals surface area contributed by atoms with E-state index in [2.05, 4.69) is 65.3 Å². The topological polar surface area (TPSA) is 99.4 Å². The summed E-state index contributed by atoms with van der Waals surface area (Å²) < 4.78 is 16.1. The molecule has 0 aliphatic carbocycles. The Kier molecular flexibility index (Phi) is 12.4. The molecule has 0 aliphatic heterocycles. The van der Waals surface area contributed by atoms with Gasteiger partial charge >= 0.3 is 6.03 Å². The van der Waals surface area contributed by atoms with Crippen molar-refractivity contribution in [1.29, 1.82) is 0 Å². The molecule has 0 radical (unpaired) electrons. The van der Waals surface area contributed by atoms with Crippen LogP contribution in [0.5, 0.6) is 11.5 Å². The molecule has 5 rings (SSSR count). The number of rotatable bonds is 12. The number of nitrogens with one attached hydrogen (secondary N) is 2. The van der Waals surface area contributed by atoms with Crippen molar-refractivity contribution >= 4 is 43.5 Å². The Morgan fingerprint density at radius 3 is 2.24 bits per heavy atom. The third-order valence-corrected chi connectivity index (χ3v) is 15.4. The van der Waals surface area contributed by atoms with Gasteiger partial charge in [0.05, 0.1) is 17.9 Å².